The lowest BCUT2D eigenvalue weighted by Crippen LogP contribution is -2.44. The molecule has 0 aliphatic carbocycles. The number of hydrogen-bond donors (Lipinski definition) is 2. The van der Waals surface area contributed by atoms with E-state index in [9.17, 15) is 4.79 Å². The Bertz CT molecular complexity index is 513. The summed E-state index contributed by atoms with van der Waals surface area (Å²) in [6, 6.07) is 15.5. The summed E-state index contributed by atoms with van der Waals surface area (Å²) in [6.07, 6.45) is 2.45. The Balaban J connectivity index is 1.81. The predicted molar refractivity (Wildman–Crippen MR) is 74.4 cm³/mol. The smallest absolute Gasteiger partial charge is 0.283 e. The summed E-state index contributed by atoms with van der Waals surface area (Å²) in [4.78, 5) is 15.8. The lowest BCUT2D eigenvalue weighted by Gasteiger charge is -2.14. The predicted octanol–water partition coefficient (Wildman–Crippen LogP) is 1.95. The zero-order valence-electron chi connectivity index (χ0n) is 10.8. The fourth-order valence-corrected chi connectivity index (χ4v) is 1.77. The number of carbonyl (C=O) groups excluding carboxylic acids is 1. The van der Waals surface area contributed by atoms with Crippen molar-refractivity contribution in [3.8, 4) is 0 Å². The maximum Gasteiger partial charge on any atom is 0.283 e. The van der Waals surface area contributed by atoms with Gasteiger partial charge in [-0.2, -0.15) is 0 Å². The van der Waals surface area contributed by atoms with Crippen molar-refractivity contribution in [3.63, 3.8) is 0 Å². The first-order chi connectivity index (χ1) is 9.25. The molecule has 2 aromatic rings. The van der Waals surface area contributed by atoms with Crippen molar-refractivity contribution in [2.24, 2.45) is 0 Å². The molecule has 2 rings (SSSR count). The number of nitrogens with one attached hydrogen (secondary N) is 2. The summed E-state index contributed by atoms with van der Waals surface area (Å²) in [6.45, 7) is 2.02. The Morgan fingerprint density at radius 1 is 1.16 bits per heavy atom. The number of pyridine rings is 1. The molecule has 0 unspecified atom stereocenters. The zero-order valence-corrected chi connectivity index (χ0v) is 10.8. The molecule has 0 bridgehead atoms. The number of aromatic nitrogens is 1. The highest BCUT2D eigenvalue weighted by molar-refractivity contribution is 5.91. The second-order valence-electron chi connectivity index (χ2n) is 4.40. The second kappa shape index (κ2) is 6.66. The minimum absolute atomic E-state index is 0.148. The first-order valence-electron chi connectivity index (χ1n) is 6.26. The van der Waals surface area contributed by atoms with Gasteiger partial charge < -0.3 is 0 Å². The quantitative estimate of drug-likeness (QED) is 0.803. The summed E-state index contributed by atoms with van der Waals surface area (Å²) >= 11 is 0. The molecule has 1 aromatic carbocycles. The summed E-state index contributed by atoms with van der Waals surface area (Å²) < 4.78 is 0. The van der Waals surface area contributed by atoms with Gasteiger partial charge in [0.25, 0.3) is 5.91 Å². The largest absolute Gasteiger partial charge is 0.286 e. The number of carbonyl (C=O) groups is 1. The van der Waals surface area contributed by atoms with Crippen molar-refractivity contribution in [1.29, 1.82) is 0 Å². The third-order valence-electron chi connectivity index (χ3n) is 2.71. The Hall–Kier alpha value is -2.20. The van der Waals surface area contributed by atoms with Gasteiger partial charge in [-0.1, -0.05) is 36.4 Å². The number of amides is 1. The van der Waals surface area contributed by atoms with E-state index in [0.29, 0.717) is 5.69 Å². The molecule has 2 N–H and O–H groups in total. The van der Waals surface area contributed by atoms with Crippen molar-refractivity contribution in [3.05, 3.63) is 66.0 Å². The van der Waals surface area contributed by atoms with Gasteiger partial charge in [-0.25, -0.2) is 5.43 Å². The highest BCUT2D eigenvalue weighted by atomic mass is 16.2. The van der Waals surface area contributed by atoms with Gasteiger partial charge in [0.05, 0.1) is 0 Å². The Morgan fingerprint density at radius 2 is 1.89 bits per heavy atom. The molecule has 0 saturated heterocycles. The van der Waals surface area contributed by atoms with Gasteiger partial charge in [0.1, 0.15) is 5.69 Å². The van der Waals surface area contributed by atoms with Crippen LogP contribution < -0.4 is 10.9 Å². The van der Waals surface area contributed by atoms with Gasteiger partial charge in [-0.15, -0.1) is 0 Å². The van der Waals surface area contributed by atoms with Crippen LogP contribution in [0.2, 0.25) is 0 Å². The average molecular weight is 255 g/mol. The molecule has 1 atom stereocenters. The molecule has 0 aliphatic heterocycles. The van der Waals surface area contributed by atoms with Gasteiger partial charge in [0.15, 0.2) is 0 Å². The van der Waals surface area contributed by atoms with E-state index in [1.54, 1.807) is 24.4 Å². The third-order valence-corrected chi connectivity index (χ3v) is 2.71. The standard InChI is InChI=1S/C15H17N3O/c1-12(11-13-7-3-2-4-8-13)17-18-15(19)14-9-5-6-10-16-14/h2-10,12,17H,11H2,1H3,(H,18,19)/t12-/m1/s1. The van der Waals surface area contributed by atoms with E-state index in [-0.39, 0.29) is 11.9 Å². The maximum atomic E-state index is 11.8. The van der Waals surface area contributed by atoms with Crippen molar-refractivity contribution in [2.75, 3.05) is 0 Å². The van der Waals surface area contributed by atoms with Gasteiger partial charge >= 0.3 is 0 Å². The Kier molecular flexibility index (Phi) is 4.64. The number of nitrogens with zero attached hydrogens (tertiary/aromatic N) is 1. The van der Waals surface area contributed by atoms with Crippen molar-refractivity contribution in [2.45, 2.75) is 19.4 Å². The van der Waals surface area contributed by atoms with E-state index in [0.717, 1.165) is 6.42 Å². The molecule has 19 heavy (non-hydrogen) atoms. The van der Waals surface area contributed by atoms with Crippen LogP contribution >= 0.6 is 0 Å². The fourth-order valence-electron chi connectivity index (χ4n) is 1.77. The van der Waals surface area contributed by atoms with Gasteiger partial charge in [0, 0.05) is 12.2 Å². The molecule has 98 valence electrons. The van der Waals surface area contributed by atoms with Crippen LogP contribution in [0.1, 0.15) is 23.0 Å². The highest BCUT2D eigenvalue weighted by Crippen LogP contribution is 2.02. The second-order valence-corrected chi connectivity index (χ2v) is 4.40. The minimum Gasteiger partial charge on any atom is -0.286 e. The third kappa shape index (κ3) is 4.19. The molecule has 0 radical (unpaired) electrons. The van der Waals surface area contributed by atoms with Crippen LogP contribution in [0.25, 0.3) is 0 Å². The van der Waals surface area contributed by atoms with E-state index in [2.05, 4.69) is 28.0 Å². The minimum atomic E-state index is -0.222. The molecule has 0 fully saturated rings. The maximum absolute atomic E-state index is 11.8. The summed E-state index contributed by atoms with van der Waals surface area (Å²) in [5, 5.41) is 0. The number of rotatable bonds is 5. The van der Waals surface area contributed by atoms with E-state index in [1.807, 2.05) is 25.1 Å². The summed E-state index contributed by atoms with van der Waals surface area (Å²) in [5.41, 5.74) is 7.29. The van der Waals surface area contributed by atoms with Crippen LogP contribution in [-0.2, 0) is 6.42 Å². The fraction of sp³-hybridized carbons (Fsp3) is 0.200. The monoisotopic (exact) mass is 255 g/mol. The van der Waals surface area contributed by atoms with E-state index < -0.39 is 0 Å². The van der Waals surface area contributed by atoms with Crippen molar-refractivity contribution < 1.29 is 4.79 Å². The van der Waals surface area contributed by atoms with Crippen molar-refractivity contribution in [1.82, 2.24) is 15.8 Å². The molecule has 0 spiro atoms. The zero-order chi connectivity index (χ0) is 13.5. The molecular weight excluding hydrogens is 238 g/mol. The lowest BCUT2D eigenvalue weighted by molar-refractivity contribution is 0.0921. The number of hydrogen-bond acceptors (Lipinski definition) is 3. The SMILES string of the molecule is C[C@H](Cc1ccccc1)NNC(=O)c1ccccn1. The van der Waals surface area contributed by atoms with Crippen LogP contribution in [-0.4, -0.2) is 16.9 Å². The van der Waals surface area contributed by atoms with Crippen LogP contribution in [0, 0.1) is 0 Å². The summed E-state index contributed by atoms with van der Waals surface area (Å²) in [7, 11) is 0. The average Bonchev–Trinajstić information content (AvgIpc) is 2.47. The molecule has 1 heterocycles. The molecule has 4 nitrogen and oxygen atoms in total. The van der Waals surface area contributed by atoms with Gasteiger partial charge in [-0.05, 0) is 31.0 Å². The first-order valence-corrected chi connectivity index (χ1v) is 6.26. The van der Waals surface area contributed by atoms with E-state index in [4.69, 9.17) is 0 Å². The molecule has 0 aliphatic rings. The normalized spacial score (nSPS) is 11.8. The Labute approximate surface area is 112 Å². The summed E-state index contributed by atoms with van der Waals surface area (Å²) in [5.74, 6) is -0.222. The number of hydrazine groups is 1. The molecule has 1 amide bonds. The van der Waals surface area contributed by atoms with Crippen LogP contribution in [0.15, 0.2) is 54.7 Å². The number of benzene rings is 1. The molecule has 1 aromatic heterocycles. The van der Waals surface area contributed by atoms with Gasteiger partial charge in [0.2, 0.25) is 0 Å². The molecule has 0 saturated carbocycles. The van der Waals surface area contributed by atoms with E-state index in [1.165, 1.54) is 5.56 Å². The highest BCUT2D eigenvalue weighted by Gasteiger charge is 2.08. The van der Waals surface area contributed by atoms with Crippen molar-refractivity contribution >= 4 is 5.91 Å². The van der Waals surface area contributed by atoms with Gasteiger partial charge in [-0.3, -0.25) is 15.2 Å². The van der Waals surface area contributed by atoms with Crippen LogP contribution in [0.3, 0.4) is 0 Å². The lowest BCUT2D eigenvalue weighted by atomic mass is 10.1. The van der Waals surface area contributed by atoms with E-state index >= 15 is 0 Å². The topological polar surface area (TPSA) is 54.0 Å². The van der Waals surface area contributed by atoms with Crippen LogP contribution in [0.5, 0.6) is 0 Å². The molecule has 4 heteroatoms. The first kappa shape index (κ1) is 13.2. The van der Waals surface area contributed by atoms with Crippen LogP contribution in [0.4, 0.5) is 0 Å². The molecular formula is C15H17N3O. The Morgan fingerprint density at radius 3 is 2.58 bits per heavy atom.